The Hall–Kier alpha value is -0.310. The molecule has 81 valence electrons. The molecule has 2 nitrogen and oxygen atoms in total. The predicted molar refractivity (Wildman–Crippen MR) is 64.5 cm³/mol. The van der Waals surface area contributed by atoms with Crippen LogP contribution < -0.4 is 0 Å². The molecule has 0 aromatic heterocycles. The van der Waals surface area contributed by atoms with Crippen LogP contribution in [0.15, 0.2) is 30.3 Å². The number of aliphatic carboxylic acids is 1. The number of carboxylic acid groups (broad SMARTS) is 1. The second kappa shape index (κ2) is 6.43. The molecular formula is C13H16NaO2. The maximum absolute atomic E-state index is 10.8. The Morgan fingerprint density at radius 2 is 1.62 bits per heavy atom. The van der Waals surface area contributed by atoms with Gasteiger partial charge in [0.15, 0.2) is 0 Å². The molecule has 0 atom stereocenters. The average Bonchev–Trinajstić information content (AvgIpc) is 2.30. The summed E-state index contributed by atoms with van der Waals surface area (Å²) in [5.74, 6) is -0.159. The molecule has 0 spiro atoms. The first-order valence-electron chi connectivity index (χ1n) is 5.55. The summed E-state index contributed by atoms with van der Waals surface area (Å²) in [5.41, 5.74) is 1.36. The van der Waals surface area contributed by atoms with Gasteiger partial charge in [0.1, 0.15) is 0 Å². The molecule has 1 aromatic carbocycles. The second-order valence-electron chi connectivity index (χ2n) is 4.30. The van der Waals surface area contributed by atoms with Crippen molar-refractivity contribution in [3.8, 4) is 0 Å². The van der Waals surface area contributed by atoms with Crippen molar-refractivity contribution in [2.24, 2.45) is 5.92 Å². The van der Waals surface area contributed by atoms with Crippen molar-refractivity contribution < 1.29 is 9.90 Å². The van der Waals surface area contributed by atoms with Gasteiger partial charge in [0.05, 0.1) is 5.92 Å². The first-order valence-corrected chi connectivity index (χ1v) is 5.55. The third-order valence-corrected chi connectivity index (χ3v) is 3.35. The molecule has 0 heterocycles. The van der Waals surface area contributed by atoms with Crippen LogP contribution in [0.25, 0.3) is 0 Å². The van der Waals surface area contributed by atoms with Crippen LogP contribution in [0, 0.1) is 5.92 Å². The molecule has 0 aliphatic heterocycles. The van der Waals surface area contributed by atoms with Crippen molar-refractivity contribution >= 4 is 35.5 Å². The zero-order valence-electron chi connectivity index (χ0n) is 9.73. The van der Waals surface area contributed by atoms with E-state index in [4.69, 9.17) is 5.11 Å². The molecule has 1 radical (unpaired) electrons. The van der Waals surface area contributed by atoms with E-state index in [1.54, 1.807) is 0 Å². The Morgan fingerprint density at radius 3 is 2.12 bits per heavy atom. The summed E-state index contributed by atoms with van der Waals surface area (Å²) in [7, 11) is 0. The monoisotopic (exact) mass is 227 g/mol. The van der Waals surface area contributed by atoms with Crippen LogP contribution in [0.4, 0.5) is 0 Å². The molecule has 1 fully saturated rings. The van der Waals surface area contributed by atoms with Gasteiger partial charge in [-0.3, -0.25) is 4.79 Å². The Labute approximate surface area is 118 Å². The Balaban J connectivity index is 0.00000128. The van der Waals surface area contributed by atoms with Gasteiger partial charge in [-0.25, -0.2) is 0 Å². The first-order chi connectivity index (χ1) is 7.27. The van der Waals surface area contributed by atoms with Crippen LogP contribution in [-0.4, -0.2) is 40.6 Å². The summed E-state index contributed by atoms with van der Waals surface area (Å²) < 4.78 is 0. The van der Waals surface area contributed by atoms with E-state index in [1.807, 2.05) is 6.07 Å². The fourth-order valence-corrected chi connectivity index (χ4v) is 2.40. The standard InChI is InChI=1S/C13H16O2.Na/c14-13(15)12-8-6-11(7-9-12)10-4-2-1-3-5-10;/h1-5,11-12H,6-9H2,(H,14,15);. The van der Waals surface area contributed by atoms with Gasteiger partial charge in [-0.2, -0.15) is 0 Å². The zero-order chi connectivity index (χ0) is 10.7. The average molecular weight is 227 g/mol. The minimum absolute atomic E-state index is 0. The Kier molecular flexibility index (Phi) is 5.53. The van der Waals surface area contributed by atoms with Crippen molar-refractivity contribution in [1.29, 1.82) is 0 Å². The first kappa shape index (κ1) is 13.8. The van der Waals surface area contributed by atoms with E-state index in [-0.39, 0.29) is 35.5 Å². The predicted octanol–water partition coefficient (Wildman–Crippen LogP) is 2.66. The van der Waals surface area contributed by atoms with Crippen molar-refractivity contribution in [3.63, 3.8) is 0 Å². The van der Waals surface area contributed by atoms with Crippen LogP contribution >= 0.6 is 0 Å². The molecule has 0 saturated heterocycles. The van der Waals surface area contributed by atoms with Gasteiger partial charge in [-0.15, -0.1) is 0 Å². The summed E-state index contributed by atoms with van der Waals surface area (Å²) in [6.07, 6.45) is 3.69. The fraction of sp³-hybridized carbons (Fsp3) is 0.462. The minimum atomic E-state index is -0.624. The maximum Gasteiger partial charge on any atom is 0.306 e. The van der Waals surface area contributed by atoms with E-state index < -0.39 is 5.97 Å². The summed E-state index contributed by atoms with van der Waals surface area (Å²) in [4.78, 5) is 10.8. The molecule has 1 N–H and O–H groups in total. The summed E-state index contributed by atoms with van der Waals surface area (Å²) in [6, 6.07) is 10.4. The van der Waals surface area contributed by atoms with Crippen molar-refractivity contribution in [3.05, 3.63) is 35.9 Å². The summed E-state index contributed by atoms with van der Waals surface area (Å²) in [5, 5.41) is 8.90. The Bertz CT molecular complexity index is 329. The van der Waals surface area contributed by atoms with Crippen molar-refractivity contribution in [2.75, 3.05) is 0 Å². The third kappa shape index (κ3) is 3.34. The van der Waals surface area contributed by atoms with E-state index in [2.05, 4.69) is 24.3 Å². The normalized spacial score (nSPS) is 24.5. The van der Waals surface area contributed by atoms with E-state index in [0.717, 1.165) is 25.7 Å². The molecule has 1 aliphatic carbocycles. The number of hydrogen-bond donors (Lipinski definition) is 1. The van der Waals surface area contributed by atoms with Gasteiger partial charge in [0, 0.05) is 29.6 Å². The number of rotatable bonds is 2. The van der Waals surface area contributed by atoms with Gasteiger partial charge in [0.25, 0.3) is 0 Å². The smallest absolute Gasteiger partial charge is 0.306 e. The van der Waals surface area contributed by atoms with Gasteiger partial charge in [-0.05, 0) is 37.2 Å². The van der Waals surface area contributed by atoms with Gasteiger partial charge < -0.3 is 5.11 Å². The Morgan fingerprint density at radius 1 is 1.06 bits per heavy atom. The molecule has 0 unspecified atom stereocenters. The minimum Gasteiger partial charge on any atom is -0.481 e. The van der Waals surface area contributed by atoms with E-state index in [0.29, 0.717) is 5.92 Å². The van der Waals surface area contributed by atoms with Crippen LogP contribution in [0.1, 0.15) is 37.2 Å². The molecule has 1 aromatic rings. The van der Waals surface area contributed by atoms with Crippen molar-refractivity contribution in [1.82, 2.24) is 0 Å². The number of benzene rings is 1. The van der Waals surface area contributed by atoms with Gasteiger partial charge >= 0.3 is 5.97 Å². The van der Waals surface area contributed by atoms with E-state index >= 15 is 0 Å². The van der Waals surface area contributed by atoms with Crippen LogP contribution in [-0.2, 0) is 4.79 Å². The van der Waals surface area contributed by atoms with Gasteiger partial charge in [-0.1, -0.05) is 30.3 Å². The number of carbonyl (C=O) groups is 1. The van der Waals surface area contributed by atoms with Crippen LogP contribution in [0.2, 0.25) is 0 Å². The second-order valence-corrected chi connectivity index (χ2v) is 4.30. The molecule has 0 amide bonds. The van der Waals surface area contributed by atoms with Crippen LogP contribution in [0.5, 0.6) is 0 Å². The summed E-state index contributed by atoms with van der Waals surface area (Å²) >= 11 is 0. The van der Waals surface area contributed by atoms with Crippen molar-refractivity contribution in [2.45, 2.75) is 31.6 Å². The fourth-order valence-electron chi connectivity index (χ4n) is 2.40. The van der Waals surface area contributed by atoms with E-state index in [1.165, 1.54) is 5.56 Å². The number of carboxylic acids is 1. The third-order valence-electron chi connectivity index (χ3n) is 3.35. The van der Waals surface area contributed by atoms with Gasteiger partial charge in [0.2, 0.25) is 0 Å². The zero-order valence-corrected chi connectivity index (χ0v) is 11.7. The molecule has 0 bridgehead atoms. The SMILES string of the molecule is O=C(O)C1CCC(c2ccccc2)CC1.[Na]. The van der Waals surface area contributed by atoms with Crippen LogP contribution in [0.3, 0.4) is 0 Å². The molecule has 2 rings (SSSR count). The largest absolute Gasteiger partial charge is 0.481 e. The number of hydrogen-bond acceptors (Lipinski definition) is 1. The molecular weight excluding hydrogens is 211 g/mol. The van der Waals surface area contributed by atoms with E-state index in [9.17, 15) is 4.79 Å². The molecule has 16 heavy (non-hydrogen) atoms. The molecule has 1 aliphatic rings. The topological polar surface area (TPSA) is 37.3 Å². The maximum atomic E-state index is 10.8. The molecule has 1 saturated carbocycles. The quantitative estimate of drug-likeness (QED) is 0.789. The summed E-state index contributed by atoms with van der Waals surface area (Å²) in [6.45, 7) is 0. The molecule has 3 heteroatoms.